The molecular weight excluding hydrogens is 685 g/mol. The predicted octanol–water partition coefficient (Wildman–Crippen LogP) is 3.39. The number of amides is 5. The van der Waals surface area contributed by atoms with E-state index < -0.39 is 81.0 Å². The van der Waals surface area contributed by atoms with Crippen LogP contribution in [0.3, 0.4) is 0 Å². The molecule has 280 valence electrons. The number of alkyl carbamates (subject to hydrolysis) is 1. The van der Waals surface area contributed by atoms with Crippen molar-refractivity contribution in [2.45, 2.75) is 121 Å². The lowest BCUT2D eigenvalue weighted by molar-refractivity contribution is -0.141. The lowest BCUT2D eigenvalue weighted by Gasteiger charge is -2.30. The molecule has 1 aliphatic carbocycles. The van der Waals surface area contributed by atoms with Crippen molar-refractivity contribution >= 4 is 39.9 Å². The lowest BCUT2D eigenvalue weighted by Crippen LogP contribution is -2.58. The van der Waals surface area contributed by atoms with Crippen LogP contribution in [0.25, 0.3) is 0 Å². The molecule has 51 heavy (non-hydrogen) atoms. The number of nitrogens with zero attached hydrogens (tertiary/aromatic N) is 2. The van der Waals surface area contributed by atoms with E-state index in [4.69, 9.17) is 9.47 Å². The second-order valence-corrected chi connectivity index (χ2v) is 16.6. The van der Waals surface area contributed by atoms with Crippen molar-refractivity contribution in [3.8, 4) is 0 Å². The summed E-state index contributed by atoms with van der Waals surface area (Å²) in [5.41, 5.74) is -1.38. The third-order valence-corrected chi connectivity index (χ3v) is 11.0. The summed E-state index contributed by atoms with van der Waals surface area (Å²) in [5, 5.41) is 5.42. The Kier molecular flexibility index (Phi) is 11.3. The molecule has 1 saturated heterocycles. The molecule has 0 spiro atoms. The van der Waals surface area contributed by atoms with E-state index in [2.05, 4.69) is 15.4 Å². The van der Waals surface area contributed by atoms with Crippen LogP contribution in [-0.2, 0) is 47.0 Å². The van der Waals surface area contributed by atoms with Gasteiger partial charge in [0, 0.05) is 24.4 Å². The standard InChI is InChI=1S/C35H48FN5O9S/c1-5-16-51(47,48)39-31(44)35-18-23(35)13-9-7-6-8-10-15-27(37-32(45)50-34(2,3)4)30(43)41-20-24(17-28(41)29(42)38-35)49-33(46)40-19-22-12-11-14-26(36)25(22)21-40/h9,11-14,23-24,27-28H,5-8,10,15-21H2,1-4H3,(H,37,45)(H,38,42)(H,39,44)/b13-9-/t23-,24+,27-,28-,35+/m0/s1. The molecule has 16 heteroatoms. The number of ether oxygens (including phenoxy) is 2. The number of halogens is 1. The largest absolute Gasteiger partial charge is 0.444 e. The average Bonchev–Trinajstić information content (AvgIpc) is 3.33. The van der Waals surface area contributed by atoms with E-state index in [0.717, 1.165) is 12.8 Å². The van der Waals surface area contributed by atoms with Gasteiger partial charge in [-0.25, -0.2) is 22.4 Å². The molecule has 14 nitrogen and oxygen atoms in total. The lowest BCUT2D eigenvalue weighted by atomic mass is 10.0. The number of allylic oxidation sites excluding steroid dienone is 1. The van der Waals surface area contributed by atoms with Crippen LogP contribution in [0.5, 0.6) is 0 Å². The molecular formula is C35H48FN5O9S. The maximum atomic E-state index is 14.4. The number of hydrogen-bond donors (Lipinski definition) is 3. The zero-order valence-electron chi connectivity index (χ0n) is 29.5. The minimum atomic E-state index is -3.96. The van der Waals surface area contributed by atoms with Crippen LogP contribution in [0.2, 0.25) is 0 Å². The van der Waals surface area contributed by atoms with E-state index in [1.807, 2.05) is 6.08 Å². The Hall–Kier alpha value is -4.21. The Bertz CT molecular complexity index is 1680. The Morgan fingerprint density at radius 1 is 1.12 bits per heavy atom. The molecule has 1 saturated carbocycles. The first-order chi connectivity index (χ1) is 24.0. The quantitative estimate of drug-likeness (QED) is 0.370. The van der Waals surface area contributed by atoms with Crippen molar-refractivity contribution in [3.05, 3.63) is 47.3 Å². The molecule has 0 aromatic heterocycles. The van der Waals surface area contributed by atoms with Gasteiger partial charge >= 0.3 is 12.2 Å². The summed E-state index contributed by atoms with van der Waals surface area (Å²) in [6, 6.07) is 2.28. The maximum absolute atomic E-state index is 14.4. The van der Waals surface area contributed by atoms with E-state index in [9.17, 15) is 36.8 Å². The van der Waals surface area contributed by atoms with Crippen molar-refractivity contribution in [2.24, 2.45) is 5.92 Å². The second kappa shape index (κ2) is 15.2. The van der Waals surface area contributed by atoms with Crippen LogP contribution < -0.4 is 15.4 Å². The molecule has 4 aliphatic rings. The highest BCUT2D eigenvalue weighted by molar-refractivity contribution is 7.90. The number of carbonyl (C=O) groups is 5. The summed E-state index contributed by atoms with van der Waals surface area (Å²) in [7, 11) is -3.96. The second-order valence-electron chi connectivity index (χ2n) is 14.8. The van der Waals surface area contributed by atoms with Gasteiger partial charge in [-0.1, -0.05) is 44.1 Å². The highest BCUT2D eigenvalue weighted by Crippen LogP contribution is 2.45. The Labute approximate surface area is 297 Å². The topological polar surface area (TPSA) is 181 Å². The van der Waals surface area contributed by atoms with E-state index in [1.165, 1.54) is 15.9 Å². The van der Waals surface area contributed by atoms with Crippen LogP contribution in [0.1, 0.15) is 90.2 Å². The van der Waals surface area contributed by atoms with E-state index in [-0.39, 0.29) is 51.1 Å². The number of rotatable bonds is 6. The van der Waals surface area contributed by atoms with Gasteiger partial charge in [-0.05, 0) is 64.5 Å². The minimum absolute atomic E-state index is 0.00449. The summed E-state index contributed by atoms with van der Waals surface area (Å²) in [6.45, 7) is 6.66. The smallest absolute Gasteiger partial charge is 0.410 e. The summed E-state index contributed by atoms with van der Waals surface area (Å²) in [4.78, 5) is 70.7. The first-order valence-electron chi connectivity index (χ1n) is 17.6. The van der Waals surface area contributed by atoms with Gasteiger partial charge in [-0.3, -0.25) is 24.0 Å². The third-order valence-electron chi connectivity index (χ3n) is 9.51. The molecule has 0 unspecified atom stereocenters. The Morgan fingerprint density at radius 3 is 2.59 bits per heavy atom. The number of sulfonamides is 1. The van der Waals surface area contributed by atoms with E-state index >= 15 is 0 Å². The van der Waals surface area contributed by atoms with Crippen molar-refractivity contribution < 1.29 is 46.3 Å². The van der Waals surface area contributed by atoms with Crippen LogP contribution in [0.4, 0.5) is 14.0 Å². The number of carbonyl (C=O) groups excluding carboxylic acids is 5. The van der Waals surface area contributed by atoms with Gasteiger partial charge in [0.1, 0.15) is 35.1 Å². The van der Waals surface area contributed by atoms with Gasteiger partial charge in [0.15, 0.2) is 0 Å². The molecule has 5 rings (SSSR count). The molecule has 2 fully saturated rings. The summed E-state index contributed by atoms with van der Waals surface area (Å²) < 4.78 is 52.9. The Balaban J connectivity index is 1.41. The first kappa shape index (κ1) is 38.0. The van der Waals surface area contributed by atoms with Crippen LogP contribution in [-0.4, -0.2) is 89.8 Å². The predicted molar refractivity (Wildman–Crippen MR) is 183 cm³/mol. The SMILES string of the molecule is CCCS(=O)(=O)NC(=O)[C@@]12C[C@@H]1/C=C\CCCCC[C@H](NC(=O)OC(C)(C)C)C(=O)N1C[C@H](OC(=O)N3Cc4cccc(F)c4C3)C[C@H]1C(=O)N2. The highest BCUT2D eigenvalue weighted by atomic mass is 32.2. The zero-order valence-corrected chi connectivity index (χ0v) is 30.4. The average molecular weight is 734 g/mol. The molecule has 3 heterocycles. The van der Waals surface area contributed by atoms with Gasteiger partial charge in [-0.2, -0.15) is 0 Å². The molecule has 0 radical (unpaired) electrons. The molecule has 3 aliphatic heterocycles. The van der Waals surface area contributed by atoms with Gasteiger partial charge in [0.2, 0.25) is 21.8 Å². The zero-order chi connectivity index (χ0) is 37.1. The van der Waals surface area contributed by atoms with Crippen molar-refractivity contribution in [1.29, 1.82) is 0 Å². The minimum Gasteiger partial charge on any atom is -0.444 e. The van der Waals surface area contributed by atoms with E-state index in [1.54, 1.807) is 45.9 Å². The van der Waals surface area contributed by atoms with Gasteiger partial charge in [-0.15, -0.1) is 0 Å². The van der Waals surface area contributed by atoms with Crippen molar-refractivity contribution in [1.82, 2.24) is 25.2 Å². The molecule has 3 N–H and O–H groups in total. The summed E-state index contributed by atoms with van der Waals surface area (Å²) in [6.07, 6.45) is 4.42. The fraction of sp³-hybridized carbons (Fsp3) is 0.629. The van der Waals surface area contributed by atoms with E-state index in [0.29, 0.717) is 24.0 Å². The number of fused-ring (bicyclic) bond motifs is 3. The molecule has 5 amide bonds. The van der Waals surface area contributed by atoms with Gasteiger partial charge < -0.3 is 25.0 Å². The monoisotopic (exact) mass is 733 g/mol. The normalized spacial score (nSPS) is 27.5. The highest BCUT2D eigenvalue weighted by Gasteiger charge is 2.61. The third kappa shape index (κ3) is 9.18. The first-order valence-corrected chi connectivity index (χ1v) is 19.2. The van der Waals surface area contributed by atoms with Crippen LogP contribution in [0, 0.1) is 11.7 Å². The molecule has 1 aromatic rings. The number of hydrogen-bond acceptors (Lipinski definition) is 9. The molecule has 0 bridgehead atoms. The summed E-state index contributed by atoms with van der Waals surface area (Å²) in [5.74, 6) is -3.40. The fourth-order valence-electron chi connectivity index (χ4n) is 6.89. The van der Waals surface area contributed by atoms with Crippen LogP contribution in [0.15, 0.2) is 30.4 Å². The Morgan fingerprint density at radius 2 is 1.88 bits per heavy atom. The summed E-state index contributed by atoms with van der Waals surface area (Å²) >= 11 is 0. The molecule has 1 aromatic carbocycles. The molecule has 5 atom stereocenters. The van der Waals surface area contributed by atoms with Gasteiger partial charge in [0.25, 0.3) is 5.91 Å². The van der Waals surface area contributed by atoms with Crippen molar-refractivity contribution in [2.75, 3.05) is 12.3 Å². The number of benzene rings is 1. The maximum Gasteiger partial charge on any atom is 0.410 e. The fourth-order valence-corrected chi connectivity index (χ4v) is 8.00. The van der Waals surface area contributed by atoms with Gasteiger partial charge in [0.05, 0.1) is 18.8 Å². The van der Waals surface area contributed by atoms with Crippen LogP contribution >= 0.6 is 0 Å². The number of nitrogens with one attached hydrogen (secondary N) is 3. The van der Waals surface area contributed by atoms with Crippen molar-refractivity contribution in [3.63, 3.8) is 0 Å².